The Labute approximate surface area is 196 Å². The summed E-state index contributed by atoms with van der Waals surface area (Å²) in [7, 11) is 0. The molecule has 1 fully saturated rings. The summed E-state index contributed by atoms with van der Waals surface area (Å²) < 4.78 is 14.3. The van der Waals surface area contributed by atoms with E-state index < -0.39 is 11.9 Å². The number of benzene rings is 3. The van der Waals surface area contributed by atoms with E-state index in [1.807, 2.05) is 54.6 Å². The Morgan fingerprint density at radius 1 is 1.06 bits per heavy atom. The highest BCUT2D eigenvalue weighted by molar-refractivity contribution is 6.05. The molecule has 0 bridgehead atoms. The summed E-state index contributed by atoms with van der Waals surface area (Å²) in [5.74, 6) is -1.74. The van der Waals surface area contributed by atoms with Gasteiger partial charge in [0.25, 0.3) is 0 Å². The van der Waals surface area contributed by atoms with Crippen LogP contribution in [0.15, 0.2) is 72.8 Å². The number of anilines is 1. The number of carbonyl (C=O) groups is 1. The van der Waals surface area contributed by atoms with Gasteiger partial charge in [-0.05, 0) is 58.7 Å². The summed E-state index contributed by atoms with van der Waals surface area (Å²) >= 11 is 0. The Morgan fingerprint density at radius 2 is 1.74 bits per heavy atom. The number of halogens is 1. The van der Waals surface area contributed by atoms with Crippen molar-refractivity contribution in [1.29, 1.82) is 5.26 Å². The van der Waals surface area contributed by atoms with Crippen LogP contribution in [0.4, 0.5) is 10.1 Å². The third-order valence-corrected chi connectivity index (χ3v) is 5.81. The molecule has 1 saturated carbocycles. The molecule has 168 valence electrons. The normalized spacial score (nSPS) is 13.9. The third kappa shape index (κ3) is 4.64. The molecule has 6 heteroatoms. The van der Waals surface area contributed by atoms with E-state index in [0.29, 0.717) is 11.5 Å². The van der Waals surface area contributed by atoms with E-state index in [1.54, 1.807) is 12.1 Å². The predicted octanol–water partition coefficient (Wildman–Crippen LogP) is 4.08. The number of aliphatic carboxylic acids is 1. The molecule has 1 aliphatic carbocycles. The minimum absolute atomic E-state index is 0.0823. The second-order valence-corrected chi connectivity index (χ2v) is 8.13. The monoisotopic (exact) mass is 452 g/mol. The number of carboxylic acids is 1. The van der Waals surface area contributed by atoms with Crippen LogP contribution >= 0.6 is 0 Å². The molecule has 0 saturated heterocycles. The van der Waals surface area contributed by atoms with Gasteiger partial charge in [-0.15, -0.1) is 4.39 Å². The molecule has 0 spiro atoms. The van der Waals surface area contributed by atoms with Gasteiger partial charge in [-0.3, -0.25) is 0 Å². The van der Waals surface area contributed by atoms with Gasteiger partial charge in [0.1, 0.15) is 11.6 Å². The van der Waals surface area contributed by atoms with Gasteiger partial charge in [-0.1, -0.05) is 60.7 Å². The molecule has 0 unspecified atom stereocenters. The largest absolute Gasteiger partial charge is 0.478 e. The lowest BCUT2D eigenvalue weighted by atomic mass is 9.83. The fourth-order valence-corrected chi connectivity index (χ4v) is 4.16. The lowest BCUT2D eigenvalue weighted by molar-refractivity contribution is -0.131. The minimum Gasteiger partial charge on any atom is -0.478 e. The molecule has 0 amide bonds. The first-order valence-corrected chi connectivity index (χ1v) is 10.8. The zero-order valence-corrected chi connectivity index (χ0v) is 18.3. The van der Waals surface area contributed by atoms with Crippen molar-refractivity contribution in [2.75, 3.05) is 5.73 Å². The maximum Gasteiger partial charge on any atom is 0.361 e. The molecule has 3 aromatic carbocycles. The van der Waals surface area contributed by atoms with Crippen LogP contribution in [-0.2, 0) is 4.79 Å². The van der Waals surface area contributed by atoms with Gasteiger partial charge in [0.2, 0.25) is 0 Å². The number of allylic oxidation sites excluding steroid dienone is 1. The van der Waals surface area contributed by atoms with Gasteiger partial charge in [0.15, 0.2) is 0 Å². The zero-order valence-electron chi connectivity index (χ0n) is 18.3. The zero-order chi connectivity index (χ0) is 24.2. The van der Waals surface area contributed by atoms with Crippen LogP contribution in [0.1, 0.15) is 46.2 Å². The average molecular weight is 453 g/mol. The molecule has 5 N–H and O–H groups in total. The fourth-order valence-electron chi connectivity index (χ4n) is 4.16. The summed E-state index contributed by atoms with van der Waals surface area (Å²) in [5.41, 5.74) is 11.1. The first-order valence-electron chi connectivity index (χ1n) is 10.8. The Hall–Kier alpha value is -4.50. The highest BCUT2D eigenvalue weighted by atomic mass is 19.1. The Kier molecular flexibility index (Phi) is 6.37. The summed E-state index contributed by atoms with van der Waals surface area (Å²) in [4.78, 5) is 10.9. The van der Waals surface area contributed by atoms with E-state index in [0.717, 1.165) is 46.8 Å². The van der Waals surface area contributed by atoms with E-state index in [-0.39, 0.29) is 16.8 Å². The number of hydrogen-bond donors (Lipinski definition) is 3. The molecule has 0 radical (unpaired) electrons. The highest BCUT2D eigenvalue weighted by Gasteiger charge is 2.32. The molecule has 0 heterocycles. The first kappa shape index (κ1) is 22.7. The summed E-state index contributed by atoms with van der Waals surface area (Å²) in [5, 5.41) is 24.4. The van der Waals surface area contributed by atoms with Gasteiger partial charge in [-0.2, -0.15) is 5.26 Å². The lowest BCUT2D eigenvalue weighted by Gasteiger charge is -2.19. The van der Waals surface area contributed by atoms with Crippen LogP contribution in [0.2, 0.25) is 0 Å². The van der Waals surface area contributed by atoms with Crippen LogP contribution in [0.5, 0.6) is 0 Å². The van der Waals surface area contributed by atoms with Crippen molar-refractivity contribution in [3.8, 4) is 6.07 Å². The van der Waals surface area contributed by atoms with E-state index in [2.05, 4.69) is 6.07 Å². The number of nitriles is 1. The van der Waals surface area contributed by atoms with Crippen LogP contribution in [-0.4, -0.2) is 17.0 Å². The van der Waals surface area contributed by atoms with E-state index >= 15 is 0 Å². The second-order valence-electron chi connectivity index (χ2n) is 8.13. The Bertz CT molecular complexity index is 1360. The number of nitrogens with two attached hydrogens (primary N) is 2. The summed E-state index contributed by atoms with van der Waals surface area (Å²) in [6, 6.07) is 22.7. The minimum atomic E-state index is -1.03. The molecule has 3 aromatic rings. The molecule has 0 atom stereocenters. The van der Waals surface area contributed by atoms with Gasteiger partial charge < -0.3 is 10.8 Å². The molecular formula is C28H23FN3O2+. The van der Waals surface area contributed by atoms with Crippen molar-refractivity contribution in [1.82, 2.24) is 0 Å². The van der Waals surface area contributed by atoms with Crippen molar-refractivity contribution in [2.45, 2.75) is 12.8 Å². The highest BCUT2D eigenvalue weighted by Crippen LogP contribution is 2.48. The molecule has 1 aliphatic rings. The van der Waals surface area contributed by atoms with Crippen LogP contribution in [0, 0.1) is 17.2 Å². The maximum atomic E-state index is 14.3. The van der Waals surface area contributed by atoms with E-state index in [9.17, 15) is 14.4 Å². The molecule has 34 heavy (non-hydrogen) atoms. The van der Waals surface area contributed by atoms with Crippen molar-refractivity contribution in [2.24, 2.45) is 5.92 Å². The van der Waals surface area contributed by atoms with Crippen LogP contribution < -0.4 is 11.1 Å². The number of carboxylic acid groups (broad SMARTS) is 1. The first-order chi connectivity index (χ1) is 16.4. The maximum absolute atomic E-state index is 14.3. The summed E-state index contributed by atoms with van der Waals surface area (Å²) in [6.07, 6.45) is 4.60. The van der Waals surface area contributed by atoms with Crippen molar-refractivity contribution in [3.63, 3.8) is 0 Å². The van der Waals surface area contributed by atoms with E-state index in [4.69, 9.17) is 16.2 Å². The lowest BCUT2D eigenvalue weighted by Crippen LogP contribution is -2.38. The van der Waals surface area contributed by atoms with Crippen molar-refractivity contribution in [3.05, 3.63) is 106 Å². The molecule has 0 aromatic heterocycles. The number of nitrogen functional groups attached to an aromatic ring is 1. The second kappa shape index (κ2) is 9.55. The standard InChI is InChI=1S/C28H22FN3O2/c29-28(32)27-22(16-30)21(13-14-23(27)31)26(20-9-6-17(7-10-20)8-15-24(33)34)25(19-11-12-19)18-4-2-1-3-5-18/h1-10,13-15,19,32H,11-12,31H2,(H,33,34)/p+1. The average Bonchev–Trinajstić information content (AvgIpc) is 3.67. The predicted molar refractivity (Wildman–Crippen MR) is 131 cm³/mol. The van der Waals surface area contributed by atoms with Gasteiger partial charge >= 0.3 is 11.9 Å². The quantitative estimate of drug-likeness (QED) is 0.217. The molecule has 5 nitrogen and oxygen atoms in total. The van der Waals surface area contributed by atoms with Gasteiger partial charge in [0, 0.05) is 17.3 Å². The van der Waals surface area contributed by atoms with Crippen LogP contribution in [0.25, 0.3) is 17.2 Å². The SMILES string of the molecule is N#Cc1c(C(=C(c2ccccc2)C2CC2)c2ccc(C=CC(=O)O)cc2)ccc(N)c1C(=[NH2+])F. The molecule has 0 aliphatic heterocycles. The van der Waals surface area contributed by atoms with Crippen molar-refractivity contribution >= 4 is 34.8 Å². The molecular weight excluding hydrogens is 429 g/mol. The number of nitrogens with zero attached hydrogens (tertiary/aromatic N) is 1. The Morgan fingerprint density at radius 3 is 2.29 bits per heavy atom. The van der Waals surface area contributed by atoms with Crippen LogP contribution in [0.3, 0.4) is 0 Å². The fraction of sp³-hybridized carbons (Fsp3) is 0.107. The topological polar surface area (TPSA) is 113 Å². The smallest absolute Gasteiger partial charge is 0.361 e. The van der Waals surface area contributed by atoms with Gasteiger partial charge in [-0.25, -0.2) is 10.2 Å². The Balaban J connectivity index is 2.02. The number of hydrogen-bond acceptors (Lipinski definition) is 3. The molecule has 4 rings (SSSR count). The summed E-state index contributed by atoms with van der Waals surface area (Å²) in [6.45, 7) is 0. The number of rotatable bonds is 7. The third-order valence-electron chi connectivity index (χ3n) is 5.81. The van der Waals surface area contributed by atoms with Gasteiger partial charge in [0.05, 0.1) is 5.56 Å². The van der Waals surface area contributed by atoms with Crippen molar-refractivity contribution < 1.29 is 19.7 Å². The van der Waals surface area contributed by atoms with E-state index in [1.165, 1.54) is 6.08 Å².